The third-order valence-electron chi connectivity index (χ3n) is 2.91. The Morgan fingerprint density at radius 1 is 1.53 bits per heavy atom. The maximum Gasteiger partial charge on any atom is 0.220 e. The van der Waals surface area contributed by atoms with Gasteiger partial charge in [0.25, 0.3) is 0 Å². The number of nitrogens with two attached hydrogens (primary N) is 1. The lowest BCUT2D eigenvalue weighted by Gasteiger charge is -2.10. The van der Waals surface area contributed by atoms with Crippen LogP contribution in [0.3, 0.4) is 0 Å². The first kappa shape index (κ1) is 16.0. The van der Waals surface area contributed by atoms with Gasteiger partial charge < -0.3 is 15.8 Å². The molecule has 1 aromatic rings. The highest BCUT2D eigenvalue weighted by molar-refractivity contribution is 9.10. The summed E-state index contributed by atoms with van der Waals surface area (Å²) in [5.41, 5.74) is 6.61. The van der Waals surface area contributed by atoms with E-state index < -0.39 is 0 Å². The molecule has 0 saturated carbocycles. The molecule has 4 nitrogen and oxygen atoms in total. The van der Waals surface area contributed by atoms with Gasteiger partial charge in [-0.2, -0.15) is 0 Å². The van der Waals surface area contributed by atoms with E-state index in [1.54, 1.807) is 7.11 Å². The zero-order valence-electron chi connectivity index (χ0n) is 11.4. The maximum atomic E-state index is 11.7. The molecule has 3 N–H and O–H groups in total. The number of benzene rings is 1. The molecule has 19 heavy (non-hydrogen) atoms. The van der Waals surface area contributed by atoms with E-state index in [2.05, 4.69) is 21.2 Å². The van der Waals surface area contributed by atoms with Gasteiger partial charge in [-0.3, -0.25) is 4.79 Å². The van der Waals surface area contributed by atoms with E-state index in [0.717, 1.165) is 15.8 Å². The molecule has 0 aliphatic heterocycles. The Kier molecular flexibility index (Phi) is 6.87. The average molecular weight is 329 g/mol. The van der Waals surface area contributed by atoms with E-state index in [9.17, 15) is 4.79 Å². The van der Waals surface area contributed by atoms with E-state index in [1.807, 2.05) is 25.1 Å². The lowest BCUT2D eigenvalue weighted by molar-refractivity contribution is -0.121. The van der Waals surface area contributed by atoms with Crippen LogP contribution in [0.25, 0.3) is 0 Å². The van der Waals surface area contributed by atoms with Gasteiger partial charge in [0.2, 0.25) is 5.91 Å². The molecular formula is C14H21BrN2O2. The molecule has 1 unspecified atom stereocenters. The van der Waals surface area contributed by atoms with E-state index in [4.69, 9.17) is 10.5 Å². The minimum atomic E-state index is 0.0623. The Morgan fingerprint density at radius 3 is 2.84 bits per heavy atom. The van der Waals surface area contributed by atoms with Gasteiger partial charge in [-0.15, -0.1) is 0 Å². The molecule has 0 aliphatic rings. The minimum Gasteiger partial charge on any atom is -0.496 e. The summed E-state index contributed by atoms with van der Waals surface area (Å²) < 4.78 is 6.07. The zero-order valence-corrected chi connectivity index (χ0v) is 13.0. The highest BCUT2D eigenvalue weighted by Crippen LogP contribution is 2.25. The van der Waals surface area contributed by atoms with Crippen LogP contribution >= 0.6 is 15.9 Å². The number of nitrogens with one attached hydrogen (secondary N) is 1. The first-order valence-corrected chi connectivity index (χ1v) is 7.15. The molecule has 5 heteroatoms. The second kappa shape index (κ2) is 8.17. The van der Waals surface area contributed by atoms with Gasteiger partial charge in [0.1, 0.15) is 5.75 Å². The maximum absolute atomic E-state index is 11.7. The summed E-state index contributed by atoms with van der Waals surface area (Å²) in [7, 11) is 1.63. The number of amides is 1. The predicted molar refractivity (Wildman–Crippen MR) is 80.2 cm³/mol. The Balaban J connectivity index is 2.40. The summed E-state index contributed by atoms with van der Waals surface area (Å²) in [6, 6.07) is 5.85. The van der Waals surface area contributed by atoms with Gasteiger partial charge in [-0.25, -0.2) is 0 Å². The Morgan fingerprint density at radius 2 is 2.26 bits per heavy atom. The lowest BCUT2D eigenvalue weighted by Crippen LogP contribution is -2.31. The SMILES string of the molecule is COc1ccc(CCC(=O)NCC(C)CN)cc1Br. The first-order chi connectivity index (χ1) is 9.06. The van der Waals surface area contributed by atoms with Crippen LogP contribution in [0.1, 0.15) is 18.9 Å². The molecule has 0 aromatic heterocycles. The number of carbonyl (C=O) groups is 1. The van der Waals surface area contributed by atoms with Crippen molar-refractivity contribution < 1.29 is 9.53 Å². The van der Waals surface area contributed by atoms with Crippen LogP contribution in [-0.4, -0.2) is 26.1 Å². The molecule has 0 bridgehead atoms. The molecule has 0 radical (unpaired) electrons. The highest BCUT2D eigenvalue weighted by atomic mass is 79.9. The Bertz CT molecular complexity index is 424. The molecule has 0 aliphatic carbocycles. The van der Waals surface area contributed by atoms with Crippen molar-refractivity contribution in [1.29, 1.82) is 0 Å². The summed E-state index contributed by atoms with van der Waals surface area (Å²) in [6.07, 6.45) is 1.20. The van der Waals surface area contributed by atoms with Gasteiger partial charge in [-0.05, 0) is 52.5 Å². The van der Waals surface area contributed by atoms with Crippen molar-refractivity contribution in [2.45, 2.75) is 19.8 Å². The summed E-state index contributed by atoms with van der Waals surface area (Å²) in [6.45, 7) is 3.24. The number of hydrogen-bond donors (Lipinski definition) is 2. The molecule has 1 amide bonds. The van der Waals surface area contributed by atoms with Crippen LogP contribution < -0.4 is 15.8 Å². The van der Waals surface area contributed by atoms with Crippen molar-refractivity contribution in [3.63, 3.8) is 0 Å². The van der Waals surface area contributed by atoms with Gasteiger partial charge in [0.15, 0.2) is 0 Å². The molecule has 1 atom stereocenters. The van der Waals surface area contributed by atoms with Crippen LogP contribution in [0.4, 0.5) is 0 Å². The second-order valence-electron chi connectivity index (χ2n) is 4.61. The molecule has 106 valence electrons. The largest absolute Gasteiger partial charge is 0.496 e. The van der Waals surface area contributed by atoms with Gasteiger partial charge >= 0.3 is 0 Å². The topological polar surface area (TPSA) is 64.3 Å². The van der Waals surface area contributed by atoms with Crippen molar-refractivity contribution in [1.82, 2.24) is 5.32 Å². The van der Waals surface area contributed by atoms with Crippen molar-refractivity contribution in [3.8, 4) is 5.75 Å². The molecule has 0 spiro atoms. The Hall–Kier alpha value is -1.07. The third kappa shape index (κ3) is 5.61. The number of halogens is 1. The summed E-state index contributed by atoms with van der Waals surface area (Å²) >= 11 is 3.43. The first-order valence-electron chi connectivity index (χ1n) is 6.36. The fourth-order valence-corrected chi connectivity index (χ4v) is 2.17. The number of ether oxygens (including phenoxy) is 1. The molecule has 0 fully saturated rings. The predicted octanol–water partition coefficient (Wildman–Crippen LogP) is 2.10. The van der Waals surface area contributed by atoms with Crippen LogP contribution in [-0.2, 0) is 11.2 Å². The number of methoxy groups -OCH3 is 1. The third-order valence-corrected chi connectivity index (χ3v) is 3.53. The molecule has 0 saturated heterocycles. The Labute approximate surface area is 122 Å². The second-order valence-corrected chi connectivity index (χ2v) is 5.47. The smallest absolute Gasteiger partial charge is 0.220 e. The fourth-order valence-electron chi connectivity index (χ4n) is 1.58. The van der Waals surface area contributed by atoms with Crippen LogP contribution in [0, 0.1) is 5.92 Å². The number of hydrogen-bond acceptors (Lipinski definition) is 3. The van der Waals surface area contributed by atoms with Crippen LogP contribution in [0.2, 0.25) is 0 Å². The van der Waals surface area contributed by atoms with Gasteiger partial charge in [0.05, 0.1) is 11.6 Å². The summed E-state index contributed by atoms with van der Waals surface area (Å²) in [5.74, 6) is 1.18. The van der Waals surface area contributed by atoms with Crippen molar-refractivity contribution in [2.75, 3.05) is 20.2 Å². The van der Waals surface area contributed by atoms with Crippen molar-refractivity contribution in [2.24, 2.45) is 11.7 Å². The lowest BCUT2D eigenvalue weighted by atomic mass is 10.1. The minimum absolute atomic E-state index is 0.0623. The monoisotopic (exact) mass is 328 g/mol. The number of aryl methyl sites for hydroxylation is 1. The quantitative estimate of drug-likeness (QED) is 0.805. The highest BCUT2D eigenvalue weighted by Gasteiger charge is 2.06. The fraction of sp³-hybridized carbons (Fsp3) is 0.500. The van der Waals surface area contributed by atoms with E-state index in [1.165, 1.54) is 0 Å². The summed E-state index contributed by atoms with van der Waals surface area (Å²) in [4.78, 5) is 11.7. The molecule has 1 rings (SSSR count). The van der Waals surface area contributed by atoms with Crippen LogP contribution in [0.5, 0.6) is 5.75 Å². The van der Waals surface area contributed by atoms with E-state index in [-0.39, 0.29) is 5.91 Å². The standard InChI is InChI=1S/C14H21BrN2O2/c1-10(8-16)9-17-14(18)6-4-11-3-5-13(19-2)12(15)7-11/h3,5,7,10H,4,6,8-9,16H2,1-2H3,(H,17,18). The van der Waals surface area contributed by atoms with Gasteiger partial charge in [-0.1, -0.05) is 13.0 Å². The average Bonchev–Trinajstić information content (AvgIpc) is 2.42. The molecule has 1 aromatic carbocycles. The normalized spacial score (nSPS) is 12.0. The van der Waals surface area contributed by atoms with E-state index >= 15 is 0 Å². The number of rotatable bonds is 7. The molecule has 0 heterocycles. The van der Waals surface area contributed by atoms with Crippen molar-refractivity contribution >= 4 is 21.8 Å². The van der Waals surface area contributed by atoms with Gasteiger partial charge in [0, 0.05) is 13.0 Å². The van der Waals surface area contributed by atoms with E-state index in [0.29, 0.717) is 31.8 Å². The zero-order chi connectivity index (χ0) is 14.3. The summed E-state index contributed by atoms with van der Waals surface area (Å²) in [5, 5.41) is 2.89. The van der Waals surface area contributed by atoms with Crippen molar-refractivity contribution in [3.05, 3.63) is 28.2 Å². The van der Waals surface area contributed by atoms with Crippen LogP contribution in [0.15, 0.2) is 22.7 Å². The molecular weight excluding hydrogens is 308 g/mol. The number of carbonyl (C=O) groups excluding carboxylic acids is 1.